The zero-order chi connectivity index (χ0) is 11.3. The van der Waals surface area contributed by atoms with Gasteiger partial charge in [-0.3, -0.25) is 0 Å². The van der Waals surface area contributed by atoms with Gasteiger partial charge in [-0.05, 0) is 52.0 Å². The Kier molecular flexibility index (Phi) is 5.07. The van der Waals surface area contributed by atoms with Crippen LogP contribution in [0.5, 0.6) is 0 Å². The quantitative estimate of drug-likeness (QED) is 0.732. The number of rotatable bonds is 6. The minimum Gasteiger partial charge on any atom is -0.379 e. The third kappa shape index (κ3) is 4.12. The van der Waals surface area contributed by atoms with Crippen molar-refractivity contribution in [2.24, 2.45) is 5.92 Å². The first kappa shape index (κ1) is 13.0. The average Bonchev–Trinajstić information content (AvgIpc) is 2.64. The van der Waals surface area contributed by atoms with Crippen LogP contribution in [-0.2, 0) is 4.74 Å². The molecule has 0 spiro atoms. The molecular formula is C13H27NO. The summed E-state index contributed by atoms with van der Waals surface area (Å²) in [6, 6.07) is 0.766. The van der Waals surface area contributed by atoms with Gasteiger partial charge in [0.15, 0.2) is 0 Å². The molecule has 0 aromatic heterocycles. The topological polar surface area (TPSA) is 21.3 Å². The van der Waals surface area contributed by atoms with E-state index in [4.69, 9.17) is 4.74 Å². The highest BCUT2D eigenvalue weighted by molar-refractivity contribution is 4.84. The number of hydrogen-bond acceptors (Lipinski definition) is 2. The average molecular weight is 213 g/mol. The lowest BCUT2D eigenvalue weighted by atomic mass is 9.91. The first-order valence-corrected chi connectivity index (χ1v) is 6.37. The Bertz CT molecular complexity index is 179. The van der Waals surface area contributed by atoms with Gasteiger partial charge in [-0.15, -0.1) is 0 Å². The molecule has 0 aromatic carbocycles. The number of nitrogens with one attached hydrogen (secondary N) is 1. The summed E-state index contributed by atoms with van der Waals surface area (Å²) in [4.78, 5) is 0. The molecule has 2 nitrogen and oxygen atoms in total. The molecule has 0 heterocycles. The summed E-state index contributed by atoms with van der Waals surface area (Å²) in [5, 5.41) is 3.61. The van der Waals surface area contributed by atoms with Gasteiger partial charge in [-0.25, -0.2) is 0 Å². The monoisotopic (exact) mass is 213 g/mol. The lowest BCUT2D eigenvalue weighted by Crippen LogP contribution is -2.33. The molecule has 1 aliphatic carbocycles. The van der Waals surface area contributed by atoms with Crippen molar-refractivity contribution in [3.8, 4) is 0 Å². The lowest BCUT2D eigenvalue weighted by molar-refractivity contribution is 0.00975. The van der Waals surface area contributed by atoms with Crippen molar-refractivity contribution in [2.45, 2.75) is 64.5 Å². The van der Waals surface area contributed by atoms with Gasteiger partial charge in [0.2, 0.25) is 0 Å². The molecule has 1 N–H and O–H groups in total. The van der Waals surface area contributed by atoms with Crippen LogP contribution in [0.2, 0.25) is 0 Å². The van der Waals surface area contributed by atoms with E-state index in [1.54, 1.807) is 0 Å². The van der Waals surface area contributed by atoms with Crippen molar-refractivity contribution in [3.05, 3.63) is 0 Å². The van der Waals surface area contributed by atoms with E-state index in [0.29, 0.717) is 0 Å². The van der Waals surface area contributed by atoms with Crippen molar-refractivity contribution in [1.82, 2.24) is 5.32 Å². The molecule has 0 saturated heterocycles. The molecule has 0 aliphatic heterocycles. The van der Waals surface area contributed by atoms with Gasteiger partial charge in [-0.1, -0.05) is 13.3 Å². The van der Waals surface area contributed by atoms with Crippen LogP contribution in [0.4, 0.5) is 0 Å². The molecule has 1 rings (SSSR count). The van der Waals surface area contributed by atoms with Crippen molar-refractivity contribution >= 4 is 0 Å². The second kappa shape index (κ2) is 5.86. The third-order valence-corrected chi connectivity index (χ3v) is 3.80. The summed E-state index contributed by atoms with van der Waals surface area (Å²) < 4.78 is 5.47. The highest BCUT2D eigenvalue weighted by Crippen LogP contribution is 2.31. The van der Waals surface area contributed by atoms with Crippen LogP contribution < -0.4 is 5.32 Å². The SMILES string of the molecule is CCNC1CCCC1CCC(C)(C)OC. The zero-order valence-electron chi connectivity index (χ0n) is 10.8. The van der Waals surface area contributed by atoms with Gasteiger partial charge >= 0.3 is 0 Å². The van der Waals surface area contributed by atoms with Gasteiger partial charge in [0.25, 0.3) is 0 Å². The summed E-state index contributed by atoms with van der Waals surface area (Å²) in [6.07, 6.45) is 6.65. The van der Waals surface area contributed by atoms with Crippen molar-refractivity contribution in [1.29, 1.82) is 0 Å². The van der Waals surface area contributed by atoms with Crippen molar-refractivity contribution in [3.63, 3.8) is 0 Å². The molecule has 90 valence electrons. The molecule has 2 atom stereocenters. The second-order valence-electron chi connectivity index (χ2n) is 5.36. The number of ether oxygens (including phenoxy) is 1. The minimum atomic E-state index is 0.0549. The highest BCUT2D eigenvalue weighted by Gasteiger charge is 2.28. The normalized spacial score (nSPS) is 27.2. The molecule has 0 amide bonds. The van der Waals surface area contributed by atoms with Gasteiger partial charge in [0, 0.05) is 13.2 Å². The molecule has 2 heteroatoms. The maximum absolute atomic E-state index is 5.47. The maximum atomic E-state index is 5.47. The molecule has 0 bridgehead atoms. The fourth-order valence-corrected chi connectivity index (χ4v) is 2.55. The van der Waals surface area contributed by atoms with E-state index in [1.165, 1.54) is 32.1 Å². The van der Waals surface area contributed by atoms with E-state index in [0.717, 1.165) is 18.5 Å². The minimum absolute atomic E-state index is 0.0549. The van der Waals surface area contributed by atoms with Crippen molar-refractivity contribution in [2.75, 3.05) is 13.7 Å². The maximum Gasteiger partial charge on any atom is 0.0622 e. The van der Waals surface area contributed by atoms with Crippen LogP contribution in [0.1, 0.15) is 52.9 Å². The van der Waals surface area contributed by atoms with Gasteiger partial charge in [0.05, 0.1) is 5.60 Å². The predicted octanol–water partition coefficient (Wildman–Crippen LogP) is 2.97. The highest BCUT2D eigenvalue weighted by atomic mass is 16.5. The van der Waals surface area contributed by atoms with Crippen LogP contribution in [-0.4, -0.2) is 25.3 Å². The zero-order valence-corrected chi connectivity index (χ0v) is 10.8. The third-order valence-electron chi connectivity index (χ3n) is 3.80. The number of methoxy groups -OCH3 is 1. The fourth-order valence-electron chi connectivity index (χ4n) is 2.55. The smallest absolute Gasteiger partial charge is 0.0622 e. The van der Waals surface area contributed by atoms with Crippen LogP contribution >= 0.6 is 0 Å². The number of hydrogen-bond donors (Lipinski definition) is 1. The Labute approximate surface area is 94.8 Å². The predicted molar refractivity (Wildman–Crippen MR) is 65.1 cm³/mol. The molecule has 1 aliphatic rings. The Morgan fingerprint density at radius 2 is 2.07 bits per heavy atom. The lowest BCUT2D eigenvalue weighted by Gasteiger charge is -2.27. The van der Waals surface area contributed by atoms with E-state index in [9.17, 15) is 0 Å². The van der Waals surface area contributed by atoms with Crippen LogP contribution in [0.25, 0.3) is 0 Å². The summed E-state index contributed by atoms with van der Waals surface area (Å²) in [5.41, 5.74) is 0.0549. The fraction of sp³-hybridized carbons (Fsp3) is 1.00. The molecule has 1 saturated carbocycles. The largest absolute Gasteiger partial charge is 0.379 e. The summed E-state index contributed by atoms with van der Waals surface area (Å²) in [6.45, 7) is 7.68. The van der Waals surface area contributed by atoms with E-state index in [-0.39, 0.29) is 5.60 Å². The summed E-state index contributed by atoms with van der Waals surface area (Å²) in [7, 11) is 1.82. The summed E-state index contributed by atoms with van der Waals surface area (Å²) >= 11 is 0. The Balaban J connectivity index is 2.31. The first-order valence-electron chi connectivity index (χ1n) is 6.37. The molecular weight excluding hydrogens is 186 g/mol. The van der Waals surface area contributed by atoms with Crippen LogP contribution in [0, 0.1) is 5.92 Å². The molecule has 0 aromatic rings. The molecule has 2 unspecified atom stereocenters. The molecule has 1 fully saturated rings. The van der Waals surface area contributed by atoms with E-state index in [2.05, 4.69) is 26.1 Å². The van der Waals surface area contributed by atoms with Gasteiger partial charge in [-0.2, -0.15) is 0 Å². The Morgan fingerprint density at radius 1 is 1.33 bits per heavy atom. The standard InChI is InChI=1S/C13H27NO/c1-5-14-12-8-6-7-11(12)9-10-13(2,3)15-4/h11-12,14H,5-10H2,1-4H3. The first-order chi connectivity index (χ1) is 7.09. The second-order valence-corrected chi connectivity index (χ2v) is 5.36. The van der Waals surface area contributed by atoms with E-state index < -0.39 is 0 Å². The van der Waals surface area contributed by atoms with Gasteiger partial charge < -0.3 is 10.1 Å². The molecule has 15 heavy (non-hydrogen) atoms. The van der Waals surface area contributed by atoms with Crippen LogP contribution in [0.15, 0.2) is 0 Å². The Morgan fingerprint density at radius 3 is 2.67 bits per heavy atom. The Hall–Kier alpha value is -0.0800. The van der Waals surface area contributed by atoms with E-state index >= 15 is 0 Å². The van der Waals surface area contributed by atoms with Crippen molar-refractivity contribution < 1.29 is 4.74 Å². The molecule has 0 radical (unpaired) electrons. The van der Waals surface area contributed by atoms with E-state index in [1.807, 2.05) is 7.11 Å². The summed E-state index contributed by atoms with van der Waals surface area (Å²) in [5.74, 6) is 0.874. The van der Waals surface area contributed by atoms with Gasteiger partial charge in [0.1, 0.15) is 0 Å². The van der Waals surface area contributed by atoms with Crippen LogP contribution in [0.3, 0.4) is 0 Å².